The first-order chi connectivity index (χ1) is 8.63. The van der Waals surface area contributed by atoms with Gasteiger partial charge in [0.2, 0.25) is 0 Å². The zero-order chi connectivity index (χ0) is 13.1. The van der Waals surface area contributed by atoms with Gasteiger partial charge in [0.1, 0.15) is 11.7 Å². The van der Waals surface area contributed by atoms with Gasteiger partial charge < -0.3 is 0 Å². The second-order valence-corrected chi connectivity index (χ2v) is 6.01. The SMILES string of the molecule is N#CC(C(=O)c1ccc(Br)s1)c1ccccc1F. The van der Waals surface area contributed by atoms with Gasteiger partial charge in [0, 0.05) is 5.56 Å². The molecule has 5 heteroatoms. The van der Waals surface area contributed by atoms with E-state index >= 15 is 0 Å². The Morgan fingerprint density at radius 3 is 2.61 bits per heavy atom. The zero-order valence-electron chi connectivity index (χ0n) is 9.06. The van der Waals surface area contributed by atoms with E-state index < -0.39 is 11.7 Å². The molecule has 18 heavy (non-hydrogen) atoms. The first-order valence-corrected chi connectivity index (χ1v) is 6.68. The van der Waals surface area contributed by atoms with Gasteiger partial charge in [-0.1, -0.05) is 18.2 Å². The molecule has 1 unspecified atom stereocenters. The fourth-order valence-electron chi connectivity index (χ4n) is 1.57. The maximum absolute atomic E-state index is 13.6. The lowest BCUT2D eigenvalue weighted by molar-refractivity contribution is 0.0981. The Balaban J connectivity index is 2.39. The van der Waals surface area contributed by atoms with Gasteiger partial charge in [-0.2, -0.15) is 5.26 Å². The van der Waals surface area contributed by atoms with E-state index in [1.165, 1.54) is 29.5 Å². The molecule has 1 atom stereocenters. The van der Waals surface area contributed by atoms with Crippen LogP contribution in [0.4, 0.5) is 4.39 Å². The number of ketones is 1. The number of rotatable bonds is 3. The van der Waals surface area contributed by atoms with E-state index in [9.17, 15) is 9.18 Å². The van der Waals surface area contributed by atoms with E-state index in [0.29, 0.717) is 4.88 Å². The average Bonchev–Trinajstić information content (AvgIpc) is 2.79. The van der Waals surface area contributed by atoms with Crippen LogP contribution in [0.3, 0.4) is 0 Å². The molecule has 0 aliphatic heterocycles. The number of hydrogen-bond donors (Lipinski definition) is 0. The van der Waals surface area contributed by atoms with Crippen molar-refractivity contribution in [1.29, 1.82) is 5.26 Å². The van der Waals surface area contributed by atoms with Crippen molar-refractivity contribution in [3.63, 3.8) is 0 Å². The molecule has 1 heterocycles. The Morgan fingerprint density at radius 1 is 1.33 bits per heavy atom. The number of carbonyl (C=O) groups excluding carboxylic acids is 1. The summed E-state index contributed by atoms with van der Waals surface area (Å²) in [4.78, 5) is 12.6. The van der Waals surface area contributed by atoms with Crippen molar-refractivity contribution in [2.45, 2.75) is 5.92 Å². The van der Waals surface area contributed by atoms with Crippen LogP contribution in [0.1, 0.15) is 21.2 Å². The van der Waals surface area contributed by atoms with Crippen LogP contribution in [0.5, 0.6) is 0 Å². The molecule has 0 radical (unpaired) electrons. The van der Waals surface area contributed by atoms with Gasteiger partial charge in [0.15, 0.2) is 5.78 Å². The molecule has 2 nitrogen and oxygen atoms in total. The number of nitrogens with zero attached hydrogens (tertiary/aromatic N) is 1. The molecule has 2 rings (SSSR count). The number of carbonyl (C=O) groups is 1. The van der Waals surface area contributed by atoms with Crippen LogP contribution in [0.15, 0.2) is 40.2 Å². The Morgan fingerprint density at radius 2 is 2.06 bits per heavy atom. The lowest BCUT2D eigenvalue weighted by atomic mass is 9.95. The van der Waals surface area contributed by atoms with Crippen LogP contribution in [0.25, 0.3) is 0 Å². The first kappa shape index (κ1) is 12.9. The molecule has 2 aromatic rings. The van der Waals surface area contributed by atoms with Gasteiger partial charge in [-0.05, 0) is 34.1 Å². The maximum Gasteiger partial charge on any atom is 0.194 e. The van der Waals surface area contributed by atoms with Crippen molar-refractivity contribution < 1.29 is 9.18 Å². The van der Waals surface area contributed by atoms with E-state index in [1.54, 1.807) is 18.2 Å². The molecule has 1 aromatic carbocycles. The minimum absolute atomic E-state index is 0.120. The summed E-state index contributed by atoms with van der Waals surface area (Å²) < 4.78 is 14.4. The predicted molar refractivity (Wildman–Crippen MR) is 71.1 cm³/mol. The summed E-state index contributed by atoms with van der Waals surface area (Å²) in [6.45, 7) is 0. The van der Waals surface area contributed by atoms with Crippen LogP contribution in [-0.4, -0.2) is 5.78 Å². The lowest BCUT2D eigenvalue weighted by Gasteiger charge is -2.07. The molecule has 0 aliphatic carbocycles. The number of halogens is 2. The summed E-state index contributed by atoms with van der Waals surface area (Å²) in [6.07, 6.45) is 0. The van der Waals surface area contributed by atoms with E-state index in [4.69, 9.17) is 5.26 Å². The van der Waals surface area contributed by atoms with Gasteiger partial charge in [-0.3, -0.25) is 4.79 Å². The standard InChI is InChI=1S/C13H7BrFNOS/c14-12-6-5-11(18-12)13(17)9(7-16)8-3-1-2-4-10(8)15/h1-6,9H. The Hall–Kier alpha value is -1.51. The van der Waals surface area contributed by atoms with Gasteiger partial charge in [-0.25, -0.2) is 4.39 Å². The molecule has 0 spiro atoms. The van der Waals surface area contributed by atoms with Crippen molar-refractivity contribution in [2.24, 2.45) is 0 Å². The zero-order valence-corrected chi connectivity index (χ0v) is 11.5. The highest BCUT2D eigenvalue weighted by Gasteiger charge is 2.25. The normalized spacial score (nSPS) is 11.8. The highest BCUT2D eigenvalue weighted by molar-refractivity contribution is 9.11. The predicted octanol–water partition coefficient (Wildman–Crippen LogP) is 4.14. The number of Topliss-reactive ketones (excluding diaryl/α,β-unsaturated/α-hetero) is 1. The van der Waals surface area contributed by atoms with Crippen molar-refractivity contribution >= 4 is 33.0 Å². The fourth-order valence-corrected chi connectivity index (χ4v) is 2.92. The molecule has 0 saturated carbocycles. The average molecular weight is 324 g/mol. The highest BCUT2D eigenvalue weighted by Crippen LogP contribution is 2.28. The Labute approximate surface area is 116 Å². The Bertz CT molecular complexity index is 632. The number of hydrogen-bond acceptors (Lipinski definition) is 3. The van der Waals surface area contributed by atoms with Crippen LogP contribution in [0.2, 0.25) is 0 Å². The third-order valence-electron chi connectivity index (χ3n) is 2.42. The molecule has 0 bridgehead atoms. The molecule has 0 N–H and O–H groups in total. The molecule has 0 amide bonds. The van der Waals surface area contributed by atoms with Crippen molar-refractivity contribution in [2.75, 3.05) is 0 Å². The molecule has 1 aromatic heterocycles. The third kappa shape index (κ3) is 2.50. The molecular weight excluding hydrogens is 317 g/mol. The highest BCUT2D eigenvalue weighted by atomic mass is 79.9. The van der Waals surface area contributed by atoms with E-state index in [0.717, 1.165) is 3.79 Å². The van der Waals surface area contributed by atoms with E-state index in [2.05, 4.69) is 15.9 Å². The van der Waals surface area contributed by atoms with Crippen LogP contribution in [0, 0.1) is 17.1 Å². The summed E-state index contributed by atoms with van der Waals surface area (Å²) in [6, 6.07) is 11.1. The Kier molecular flexibility index (Phi) is 3.90. The molecule has 90 valence electrons. The largest absolute Gasteiger partial charge is 0.291 e. The topological polar surface area (TPSA) is 40.9 Å². The van der Waals surface area contributed by atoms with Gasteiger partial charge in [-0.15, -0.1) is 11.3 Å². The molecule has 0 fully saturated rings. The van der Waals surface area contributed by atoms with Crippen LogP contribution >= 0.6 is 27.3 Å². The second-order valence-electron chi connectivity index (χ2n) is 3.55. The smallest absolute Gasteiger partial charge is 0.194 e. The van der Waals surface area contributed by atoms with Gasteiger partial charge >= 0.3 is 0 Å². The van der Waals surface area contributed by atoms with E-state index in [-0.39, 0.29) is 11.3 Å². The van der Waals surface area contributed by atoms with E-state index in [1.807, 2.05) is 6.07 Å². The monoisotopic (exact) mass is 323 g/mol. The fraction of sp³-hybridized carbons (Fsp3) is 0.0769. The summed E-state index contributed by atoms with van der Waals surface area (Å²) in [7, 11) is 0. The van der Waals surface area contributed by atoms with Crippen molar-refractivity contribution in [3.8, 4) is 6.07 Å². The summed E-state index contributed by atoms with van der Waals surface area (Å²) >= 11 is 4.49. The maximum atomic E-state index is 13.6. The summed E-state index contributed by atoms with van der Waals surface area (Å²) in [5, 5.41) is 9.10. The number of benzene rings is 1. The second kappa shape index (κ2) is 5.42. The van der Waals surface area contributed by atoms with Gasteiger partial charge in [0.25, 0.3) is 0 Å². The molecule has 0 aliphatic rings. The summed E-state index contributed by atoms with van der Waals surface area (Å²) in [5.41, 5.74) is 0.120. The van der Waals surface area contributed by atoms with Crippen LogP contribution in [-0.2, 0) is 0 Å². The number of nitriles is 1. The van der Waals surface area contributed by atoms with Gasteiger partial charge in [0.05, 0.1) is 14.7 Å². The molecule has 0 saturated heterocycles. The summed E-state index contributed by atoms with van der Waals surface area (Å²) in [5.74, 6) is -2.01. The number of thiophene rings is 1. The quantitative estimate of drug-likeness (QED) is 0.796. The molecular formula is C13H7BrFNOS. The van der Waals surface area contributed by atoms with Crippen LogP contribution < -0.4 is 0 Å². The minimum atomic E-state index is -1.10. The first-order valence-electron chi connectivity index (χ1n) is 5.07. The lowest BCUT2D eigenvalue weighted by Crippen LogP contribution is -2.11. The van der Waals surface area contributed by atoms with Crippen molar-refractivity contribution in [3.05, 3.63) is 56.4 Å². The minimum Gasteiger partial charge on any atom is -0.291 e. The van der Waals surface area contributed by atoms with Crippen molar-refractivity contribution in [1.82, 2.24) is 0 Å². The third-order valence-corrected chi connectivity index (χ3v) is 4.06.